The van der Waals surface area contributed by atoms with Gasteiger partial charge in [-0.3, -0.25) is 4.99 Å². The predicted molar refractivity (Wildman–Crippen MR) is 54.9 cm³/mol. The first kappa shape index (κ1) is 10.5. The summed E-state index contributed by atoms with van der Waals surface area (Å²) in [4.78, 5) is 4.31. The van der Waals surface area contributed by atoms with Gasteiger partial charge in [-0.25, -0.2) is 0 Å². The third-order valence-electron chi connectivity index (χ3n) is 2.61. The van der Waals surface area contributed by atoms with E-state index in [9.17, 15) is 0 Å². The van der Waals surface area contributed by atoms with Gasteiger partial charge in [0.05, 0.1) is 19.0 Å². The minimum Gasteiger partial charge on any atom is -0.387 e. The largest absolute Gasteiger partial charge is 0.387 e. The first-order chi connectivity index (χ1) is 6.34. The number of hydrogen-bond acceptors (Lipinski definition) is 2. The van der Waals surface area contributed by atoms with E-state index in [0.717, 1.165) is 5.84 Å². The molecule has 0 heterocycles. The second-order valence-corrected chi connectivity index (χ2v) is 3.63. The molecule has 1 aliphatic rings. The van der Waals surface area contributed by atoms with Crippen molar-refractivity contribution in [2.75, 3.05) is 20.3 Å². The number of ether oxygens (including phenoxy) is 1. The average molecular weight is 184 g/mol. The van der Waals surface area contributed by atoms with E-state index >= 15 is 0 Å². The zero-order valence-electron chi connectivity index (χ0n) is 8.46. The Morgan fingerprint density at radius 1 is 1.38 bits per heavy atom. The van der Waals surface area contributed by atoms with Gasteiger partial charge in [0, 0.05) is 13.0 Å². The lowest BCUT2D eigenvalue weighted by Crippen LogP contribution is -2.26. The zero-order chi connectivity index (χ0) is 9.52. The van der Waals surface area contributed by atoms with Crippen molar-refractivity contribution in [3.05, 3.63) is 0 Å². The van der Waals surface area contributed by atoms with Crippen molar-refractivity contribution in [2.24, 2.45) is 16.6 Å². The first-order valence-electron chi connectivity index (χ1n) is 5.13. The summed E-state index contributed by atoms with van der Waals surface area (Å²) >= 11 is 0. The summed E-state index contributed by atoms with van der Waals surface area (Å²) in [5.74, 6) is 1.39. The van der Waals surface area contributed by atoms with Gasteiger partial charge in [0.15, 0.2) is 0 Å². The van der Waals surface area contributed by atoms with Crippen molar-refractivity contribution < 1.29 is 4.74 Å². The molecule has 3 nitrogen and oxygen atoms in total. The van der Waals surface area contributed by atoms with E-state index in [1.807, 2.05) is 0 Å². The van der Waals surface area contributed by atoms with Crippen LogP contribution in [0.15, 0.2) is 4.99 Å². The lowest BCUT2D eigenvalue weighted by atomic mass is 9.88. The molecular formula is C10H20N2O. The smallest absolute Gasteiger partial charge is 0.0969 e. The quantitative estimate of drug-likeness (QED) is 0.409. The molecule has 3 heteroatoms. The SMILES string of the molecule is COCCN=C(N)C1CCCCC1. The second kappa shape index (κ2) is 5.97. The van der Waals surface area contributed by atoms with Crippen LogP contribution in [0.2, 0.25) is 0 Å². The molecule has 13 heavy (non-hydrogen) atoms. The lowest BCUT2D eigenvalue weighted by molar-refractivity contribution is 0.207. The molecule has 1 rings (SSSR count). The first-order valence-corrected chi connectivity index (χ1v) is 5.13. The maximum Gasteiger partial charge on any atom is 0.0969 e. The van der Waals surface area contributed by atoms with Crippen LogP contribution in [0.1, 0.15) is 32.1 Å². The monoisotopic (exact) mass is 184 g/mol. The van der Waals surface area contributed by atoms with Gasteiger partial charge in [-0.2, -0.15) is 0 Å². The van der Waals surface area contributed by atoms with Gasteiger partial charge in [0.25, 0.3) is 0 Å². The summed E-state index contributed by atoms with van der Waals surface area (Å²) in [6.45, 7) is 1.38. The van der Waals surface area contributed by atoms with E-state index in [-0.39, 0.29) is 0 Å². The van der Waals surface area contributed by atoms with Gasteiger partial charge < -0.3 is 10.5 Å². The Bertz CT molecular complexity index is 162. The summed E-state index contributed by atoms with van der Waals surface area (Å²) in [6, 6.07) is 0. The van der Waals surface area contributed by atoms with Crippen molar-refractivity contribution in [1.29, 1.82) is 0 Å². The van der Waals surface area contributed by atoms with Crippen LogP contribution < -0.4 is 5.73 Å². The van der Waals surface area contributed by atoms with E-state index in [1.165, 1.54) is 32.1 Å². The fourth-order valence-corrected chi connectivity index (χ4v) is 1.79. The molecule has 0 amide bonds. The molecule has 1 saturated carbocycles. The Labute approximate surface area is 80.4 Å². The number of nitrogens with zero attached hydrogens (tertiary/aromatic N) is 1. The highest BCUT2D eigenvalue weighted by atomic mass is 16.5. The topological polar surface area (TPSA) is 47.6 Å². The molecule has 0 unspecified atom stereocenters. The molecule has 1 fully saturated rings. The lowest BCUT2D eigenvalue weighted by Gasteiger charge is -2.20. The fourth-order valence-electron chi connectivity index (χ4n) is 1.79. The summed E-state index contributed by atoms with van der Waals surface area (Å²) in [5.41, 5.74) is 5.88. The molecule has 0 aromatic carbocycles. The number of hydrogen-bond donors (Lipinski definition) is 1. The Kier molecular flexibility index (Phi) is 4.83. The van der Waals surface area contributed by atoms with Crippen molar-refractivity contribution in [3.8, 4) is 0 Å². The van der Waals surface area contributed by atoms with Crippen LogP contribution in [0.4, 0.5) is 0 Å². The van der Waals surface area contributed by atoms with Gasteiger partial charge in [-0.15, -0.1) is 0 Å². The average Bonchev–Trinajstić information content (AvgIpc) is 2.19. The molecule has 76 valence electrons. The molecule has 1 aliphatic carbocycles. The highest BCUT2D eigenvalue weighted by molar-refractivity contribution is 5.82. The molecular weight excluding hydrogens is 164 g/mol. The summed E-state index contributed by atoms with van der Waals surface area (Å²) < 4.78 is 4.92. The van der Waals surface area contributed by atoms with Gasteiger partial charge in [0.2, 0.25) is 0 Å². The molecule has 0 radical (unpaired) electrons. The van der Waals surface area contributed by atoms with E-state index in [4.69, 9.17) is 10.5 Å². The summed E-state index contributed by atoms with van der Waals surface area (Å²) in [5, 5.41) is 0. The third kappa shape index (κ3) is 3.77. The summed E-state index contributed by atoms with van der Waals surface area (Å²) in [6.07, 6.45) is 6.43. The number of methoxy groups -OCH3 is 1. The van der Waals surface area contributed by atoms with E-state index in [2.05, 4.69) is 4.99 Å². The van der Waals surface area contributed by atoms with Gasteiger partial charge in [0.1, 0.15) is 0 Å². The maximum absolute atomic E-state index is 5.88. The van der Waals surface area contributed by atoms with Gasteiger partial charge >= 0.3 is 0 Å². The third-order valence-corrected chi connectivity index (χ3v) is 2.61. The van der Waals surface area contributed by atoms with Crippen LogP contribution in [0.5, 0.6) is 0 Å². The Balaban J connectivity index is 2.27. The van der Waals surface area contributed by atoms with Gasteiger partial charge in [-0.05, 0) is 12.8 Å². The molecule has 0 aliphatic heterocycles. The Hall–Kier alpha value is -0.570. The van der Waals surface area contributed by atoms with Crippen LogP contribution in [0.25, 0.3) is 0 Å². The summed E-state index contributed by atoms with van der Waals surface area (Å²) in [7, 11) is 1.69. The second-order valence-electron chi connectivity index (χ2n) is 3.63. The fraction of sp³-hybridized carbons (Fsp3) is 0.900. The van der Waals surface area contributed by atoms with Crippen LogP contribution in [0.3, 0.4) is 0 Å². The highest BCUT2D eigenvalue weighted by Gasteiger charge is 2.16. The standard InChI is InChI=1S/C10H20N2O/c1-13-8-7-12-10(11)9-5-3-2-4-6-9/h9H,2-8H2,1H3,(H2,11,12). The van der Waals surface area contributed by atoms with Crippen LogP contribution in [-0.2, 0) is 4.74 Å². The predicted octanol–water partition coefficient (Wildman–Crippen LogP) is 1.57. The molecule has 0 atom stereocenters. The van der Waals surface area contributed by atoms with E-state index in [0.29, 0.717) is 19.1 Å². The van der Waals surface area contributed by atoms with Crippen LogP contribution >= 0.6 is 0 Å². The zero-order valence-corrected chi connectivity index (χ0v) is 8.46. The Morgan fingerprint density at radius 2 is 2.08 bits per heavy atom. The molecule has 2 N–H and O–H groups in total. The maximum atomic E-state index is 5.88. The molecule has 0 aromatic heterocycles. The van der Waals surface area contributed by atoms with Crippen LogP contribution in [-0.4, -0.2) is 26.1 Å². The highest BCUT2D eigenvalue weighted by Crippen LogP contribution is 2.23. The van der Waals surface area contributed by atoms with Crippen molar-refractivity contribution in [2.45, 2.75) is 32.1 Å². The normalized spacial score (nSPS) is 20.5. The van der Waals surface area contributed by atoms with Crippen LogP contribution in [0, 0.1) is 5.92 Å². The number of amidine groups is 1. The number of nitrogens with two attached hydrogens (primary N) is 1. The number of aliphatic imine (C=N–C) groups is 1. The molecule has 0 bridgehead atoms. The van der Waals surface area contributed by atoms with Gasteiger partial charge in [-0.1, -0.05) is 19.3 Å². The Morgan fingerprint density at radius 3 is 2.69 bits per heavy atom. The van der Waals surface area contributed by atoms with Crippen molar-refractivity contribution in [3.63, 3.8) is 0 Å². The van der Waals surface area contributed by atoms with Crippen molar-refractivity contribution >= 4 is 5.84 Å². The minimum absolute atomic E-state index is 0.547. The number of rotatable bonds is 4. The molecule has 0 saturated heterocycles. The van der Waals surface area contributed by atoms with Crippen molar-refractivity contribution in [1.82, 2.24) is 0 Å². The molecule has 0 spiro atoms. The minimum atomic E-state index is 0.547. The molecule has 0 aromatic rings. The van der Waals surface area contributed by atoms with E-state index < -0.39 is 0 Å². The van der Waals surface area contributed by atoms with E-state index in [1.54, 1.807) is 7.11 Å².